The van der Waals surface area contributed by atoms with Gasteiger partial charge < -0.3 is 10.1 Å². The normalized spacial score (nSPS) is 38.8. The fourth-order valence-corrected chi connectivity index (χ4v) is 1.73. The Morgan fingerprint density at radius 3 is 2.38 bits per heavy atom. The first kappa shape index (κ1) is 10.7. The number of carbonyl (C=O) groups is 1. The lowest BCUT2D eigenvalue weighted by Crippen LogP contribution is -2.61. The van der Waals surface area contributed by atoms with Crippen molar-refractivity contribution in [3.8, 4) is 0 Å². The first-order valence-electron chi connectivity index (χ1n) is 3.72. The third-order valence-electron chi connectivity index (χ3n) is 2.75. The van der Waals surface area contributed by atoms with Crippen molar-refractivity contribution >= 4 is 18.4 Å². The minimum Gasteiger partial charge on any atom is -0.468 e. The van der Waals surface area contributed by atoms with Gasteiger partial charge in [0.05, 0.1) is 12.5 Å². The van der Waals surface area contributed by atoms with Gasteiger partial charge in [-0.3, -0.25) is 4.79 Å². The number of ether oxygens (including phenoxy) is 1. The van der Waals surface area contributed by atoms with Crippen LogP contribution in [0.4, 0.5) is 8.78 Å². The number of nitrogens with one attached hydrogen (secondary N) is 1. The van der Waals surface area contributed by atoms with Crippen LogP contribution in [0.5, 0.6) is 0 Å². The molecule has 1 saturated carbocycles. The van der Waals surface area contributed by atoms with Crippen LogP contribution in [-0.2, 0) is 9.53 Å². The van der Waals surface area contributed by atoms with E-state index in [0.717, 1.165) is 0 Å². The van der Waals surface area contributed by atoms with Gasteiger partial charge in [-0.05, 0) is 0 Å². The van der Waals surface area contributed by atoms with E-state index in [1.165, 1.54) is 7.11 Å². The van der Waals surface area contributed by atoms with Crippen LogP contribution in [0.2, 0.25) is 0 Å². The first-order chi connectivity index (χ1) is 5.53. The average Bonchev–Trinajstić information content (AvgIpc) is 2.54. The molecule has 1 saturated heterocycles. The van der Waals surface area contributed by atoms with Gasteiger partial charge in [0, 0.05) is 13.0 Å². The largest absolute Gasteiger partial charge is 0.468 e. The van der Waals surface area contributed by atoms with Crippen LogP contribution in [0.15, 0.2) is 0 Å². The Morgan fingerprint density at radius 1 is 1.62 bits per heavy atom. The molecule has 13 heavy (non-hydrogen) atoms. The summed E-state index contributed by atoms with van der Waals surface area (Å²) in [7, 11) is 1.20. The van der Waals surface area contributed by atoms with Crippen LogP contribution >= 0.6 is 12.4 Å². The van der Waals surface area contributed by atoms with E-state index in [4.69, 9.17) is 0 Å². The Kier molecular flexibility index (Phi) is 2.28. The minimum absolute atomic E-state index is 0. The van der Waals surface area contributed by atoms with Gasteiger partial charge >= 0.3 is 5.97 Å². The standard InChI is InChI=1S/C7H9F2NO2.ClH/c1-12-5(11)4-6(3-10-4)2-7(6,8)9;/h4,10H,2-3H2,1H3;1H. The minimum atomic E-state index is -2.67. The van der Waals surface area contributed by atoms with Gasteiger partial charge in [0.1, 0.15) is 6.04 Å². The molecule has 0 aromatic heterocycles. The number of methoxy groups -OCH3 is 1. The Bertz CT molecular complexity index is 249. The molecule has 76 valence electrons. The SMILES string of the molecule is COC(=O)C1NCC12CC2(F)F.Cl. The summed E-state index contributed by atoms with van der Waals surface area (Å²) in [6.45, 7) is 0.222. The molecule has 1 N–H and O–H groups in total. The number of hydrogen-bond donors (Lipinski definition) is 1. The molecule has 2 rings (SSSR count). The van der Waals surface area contributed by atoms with E-state index in [1.807, 2.05) is 0 Å². The zero-order chi connectivity index (χ0) is 8.98. The monoisotopic (exact) mass is 213 g/mol. The number of carbonyl (C=O) groups excluding carboxylic acids is 1. The lowest BCUT2D eigenvalue weighted by Gasteiger charge is -2.36. The molecule has 1 aliphatic heterocycles. The van der Waals surface area contributed by atoms with Crippen molar-refractivity contribution in [2.75, 3.05) is 13.7 Å². The molecule has 6 heteroatoms. The molecule has 2 unspecified atom stereocenters. The molecular weight excluding hydrogens is 204 g/mol. The molecule has 0 aromatic rings. The van der Waals surface area contributed by atoms with E-state index in [1.54, 1.807) is 0 Å². The van der Waals surface area contributed by atoms with Crippen molar-refractivity contribution in [1.29, 1.82) is 0 Å². The molecule has 1 aliphatic carbocycles. The quantitative estimate of drug-likeness (QED) is 0.648. The van der Waals surface area contributed by atoms with E-state index in [9.17, 15) is 13.6 Å². The van der Waals surface area contributed by atoms with Gasteiger partial charge in [-0.25, -0.2) is 8.78 Å². The molecule has 2 atom stereocenters. The lowest BCUT2D eigenvalue weighted by molar-refractivity contribution is -0.151. The van der Waals surface area contributed by atoms with Gasteiger partial charge in [0.25, 0.3) is 5.92 Å². The molecule has 1 heterocycles. The summed E-state index contributed by atoms with van der Waals surface area (Å²) in [5.74, 6) is -3.25. The Balaban J connectivity index is 0.000000845. The lowest BCUT2D eigenvalue weighted by atomic mass is 9.87. The fourth-order valence-electron chi connectivity index (χ4n) is 1.73. The summed E-state index contributed by atoms with van der Waals surface area (Å²) in [6.07, 6.45) is -0.188. The van der Waals surface area contributed by atoms with E-state index in [0.29, 0.717) is 0 Å². The molecule has 0 radical (unpaired) electrons. The Morgan fingerprint density at radius 2 is 2.15 bits per heavy atom. The number of alkyl halides is 2. The van der Waals surface area contributed by atoms with Gasteiger partial charge in [-0.1, -0.05) is 0 Å². The van der Waals surface area contributed by atoms with E-state index in [2.05, 4.69) is 10.1 Å². The highest BCUT2D eigenvalue weighted by atomic mass is 35.5. The van der Waals surface area contributed by atoms with Crippen LogP contribution in [0.3, 0.4) is 0 Å². The topological polar surface area (TPSA) is 38.3 Å². The average molecular weight is 214 g/mol. The van der Waals surface area contributed by atoms with Gasteiger partial charge in [-0.2, -0.15) is 0 Å². The second kappa shape index (κ2) is 2.78. The number of halogens is 3. The molecule has 2 aliphatic rings. The Labute approximate surface area is 80.2 Å². The molecule has 2 fully saturated rings. The fraction of sp³-hybridized carbons (Fsp3) is 0.857. The molecular formula is C7H10ClF2NO2. The number of rotatable bonds is 1. The van der Waals surface area contributed by atoms with Crippen molar-refractivity contribution in [2.45, 2.75) is 18.4 Å². The van der Waals surface area contributed by atoms with Crippen LogP contribution in [-0.4, -0.2) is 31.6 Å². The summed E-state index contributed by atoms with van der Waals surface area (Å²) in [4.78, 5) is 10.9. The highest BCUT2D eigenvalue weighted by Crippen LogP contribution is 2.65. The predicted molar refractivity (Wildman–Crippen MR) is 43.1 cm³/mol. The molecule has 0 amide bonds. The summed E-state index contributed by atoms with van der Waals surface area (Å²) < 4.78 is 29.9. The van der Waals surface area contributed by atoms with Gasteiger partial charge in [0.2, 0.25) is 0 Å². The van der Waals surface area contributed by atoms with Crippen molar-refractivity contribution in [3.63, 3.8) is 0 Å². The highest BCUT2D eigenvalue weighted by Gasteiger charge is 2.80. The summed E-state index contributed by atoms with van der Waals surface area (Å²) in [6, 6.07) is -0.794. The van der Waals surface area contributed by atoms with Crippen molar-refractivity contribution in [1.82, 2.24) is 5.32 Å². The van der Waals surface area contributed by atoms with E-state index >= 15 is 0 Å². The van der Waals surface area contributed by atoms with Gasteiger partial charge in [-0.15, -0.1) is 12.4 Å². The van der Waals surface area contributed by atoms with Crippen LogP contribution < -0.4 is 5.32 Å². The first-order valence-corrected chi connectivity index (χ1v) is 3.72. The molecule has 3 nitrogen and oxygen atoms in total. The van der Waals surface area contributed by atoms with Crippen LogP contribution in [0.25, 0.3) is 0 Å². The van der Waals surface area contributed by atoms with Gasteiger partial charge in [0.15, 0.2) is 0 Å². The van der Waals surface area contributed by atoms with E-state index < -0.39 is 23.3 Å². The number of hydrogen-bond acceptors (Lipinski definition) is 3. The van der Waals surface area contributed by atoms with Crippen LogP contribution in [0, 0.1) is 5.41 Å². The zero-order valence-electron chi connectivity index (χ0n) is 6.97. The maximum Gasteiger partial charge on any atom is 0.323 e. The van der Waals surface area contributed by atoms with E-state index in [-0.39, 0.29) is 25.4 Å². The third kappa shape index (κ3) is 1.14. The summed E-state index contributed by atoms with van der Waals surface area (Å²) >= 11 is 0. The summed E-state index contributed by atoms with van der Waals surface area (Å²) in [5, 5.41) is 2.65. The maximum atomic E-state index is 12.7. The molecule has 0 bridgehead atoms. The Hall–Kier alpha value is -0.420. The van der Waals surface area contributed by atoms with Crippen molar-refractivity contribution in [2.24, 2.45) is 5.41 Å². The second-order valence-electron chi connectivity index (χ2n) is 3.37. The van der Waals surface area contributed by atoms with Crippen LogP contribution in [0.1, 0.15) is 6.42 Å². The predicted octanol–water partition coefficient (Wildman–Crippen LogP) is 0.578. The number of esters is 1. The van der Waals surface area contributed by atoms with Crippen molar-refractivity contribution < 1.29 is 18.3 Å². The zero-order valence-corrected chi connectivity index (χ0v) is 7.79. The summed E-state index contributed by atoms with van der Waals surface area (Å²) in [5.41, 5.74) is -1.11. The molecule has 1 spiro atoms. The third-order valence-corrected chi connectivity index (χ3v) is 2.75. The second-order valence-corrected chi connectivity index (χ2v) is 3.37. The van der Waals surface area contributed by atoms with Crippen molar-refractivity contribution in [3.05, 3.63) is 0 Å². The highest BCUT2D eigenvalue weighted by molar-refractivity contribution is 5.85. The molecule has 0 aromatic carbocycles. The smallest absolute Gasteiger partial charge is 0.323 e. The maximum absolute atomic E-state index is 12.7.